The maximum absolute atomic E-state index is 14.3. The van der Waals surface area contributed by atoms with Crippen LogP contribution >= 0.6 is 11.6 Å². The average Bonchev–Trinajstić information content (AvgIpc) is 3.14. The topological polar surface area (TPSA) is 59.8 Å². The Balaban J connectivity index is 1.37. The SMILES string of the molecule is Cc1c(F)c(F)c(Cl)c(C(=O)NC2CCC(Cn3cc4cccnc4n3)CC2)c1F. The summed E-state index contributed by atoms with van der Waals surface area (Å²) in [6, 6.07) is 3.64. The van der Waals surface area contributed by atoms with Gasteiger partial charge in [-0.15, -0.1) is 0 Å². The van der Waals surface area contributed by atoms with Gasteiger partial charge in [-0.25, -0.2) is 18.2 Å². The van der Waals surface area contributed by atoms with Crippen molar-refractivity contribution in [2.24, 2.45) is 5.92 Å². The summed E-state index contributed by atoms with van der Waals surface area (Å²) in [6.07, 6.45) is 6.75. The van der Waals surface area contributed by atoms with Crippen LogP contribution in [-0.4, -0.2) is 26.7 Å². The van der Waals surface area contributed by atoms with E-state index in [4.69, 9.17) is 11.6 Å². The Kier molecular flexibility index (Phi) is 5.69. The Morgan fingerprint density at radius 2 is 1.93 bits per heavy atom. The van der Waals surface area contributed by atoms with E-state index in [1.165, 1.54) is 0 Å². The van der Waals surface area contributed by atoms with E-state index in [1.807, 2.05) is 23.0 Å². The first-order valence-corrected chi connectivity index (χ1v) is 10.1. The Morgan fingerprint density at radius 3 is 2.63 bits per heavy atom. The number of pyridine rings is 1. The third-order valence-electron chi connectivity index (χ3n) is 5.67. The maximum Gasteiger partial charge on any atom is 0.256 e. The molecule has 158 valence electrons. The lowest BCUT2D eigenvalue weighted by Crippen LogP contribution is -2.39. The molecule has 1 N–H and O–H groups in total. The lowest BCUT2D eigenvalue weighted by molar-refractivity contribution is 0.0915. The summed E-state index contributed by atoms with van der Waals surface area (Å²) in [4.78, 5) is 16.7. The van der Waals surface area contributed by atoms with Crippen LogP contribution in [0.3, 0.4) is 0 Å². The van der Waals surface area contributed by atoms with E-state index in [0.29, 0.717) is 24.4 Å². The molecule has 5 nitrogen and oxygen atoms in total. The number of aromatic nitrogens is 3. The van der Waals surface area contributed by atoms with Gasteiger partial charge in [-0.2, -0.15) is 5.10 Å². The fraction of sp³-hybridized carbons (Fsp3) is 0.381. The van der Waals surface area contributed by atoms with Crippen molar-refractivity contribution < 1.29 is 18.0 Å². The van der Waals surface area contributed by atoms with Crippen LogP contribution in [0.5, 0.6) is 0 Å². The number of halogens is 4. The molecule has 1 saturated carbocycles. The molecule has 4 rings (SSSR count). The third kappa shape index (κ3) is 3.88. The van der Waals surface area contributed by atoms with Gasteiger partial charge < -0.3 is 5.32 Å². The summed E-state index contributed by atoms with van der Waals surface area (Å²) in [5.74, 6) is -4.36. The first-order valence-electron chi connectivity index (χ1n) is 9.76. The molecule has 1 aliphatic rings. The Bertz CT molecular complexity index is 1050. The van der Waals surface area contributed by atoms with Crippen molar-refractivity contribution in [1.82, 2.24) is 20.1 Å². The fourth-order valence-electron chi connectivity index (χ4n) is 3.96. The minimum atomic E-state index is -1.41. The summed E-state index contributed by atoms with van der Waals surface area (Å²) in [6.45, 7) is 1.82. The minimum absolute atomic E-state index is 0.184. The first kappa shape index (κ1) is 20.7. The van der Waals surface area contributed by atoms with E-state index in [1.54, 1.807) is 6.20 Å². The maximum atomic E-state index is 14.3. The lowest BCUT2D eigenvalue weighted by atomic mass is 9.86. The standard InChI is InChI=1S/C21H20ClF3N4O/c1-11-17(23)15(16(22)19(25)18(11)24)21(30)27-14-6-4-12(5-7-14)9-29-10-13-3-2-8-26-20(13)28-29/h2-3,8,10,12,14H,4-7,9H2,1H3,(H,27,30). The zero-order valence-electron chi connectivity index (χ0n) is 16.3. The van der Waals surface area contributed by atoms with Crippen molar-refractivity contribution in [3.05, 3.63) is 58.1 Å². The number of benzene rings is 1. The molecule has 0 atom stereocenters. The van der Waals surface area contributed by atoms with E-state index >= 15 is 0 Å². The minimum Gasteiger partial charge on any atom is -0.349 e. The Hall–Kier alpha value is -2.61. The summed E-state index contributed by atoms with van der Waals surface area (Å²) in [5.41, 5.74) is -0.503. The molecule has 30 heavy (non-hydrogen) atoms. The second-order valence-electron chi connectivity index (χ2n) is 7.71. The molecule has 0 bridgehead atoms. The highest BCUT2D eigenvalue weighted by molar-refractivity contribution is 6.34. The van der Waals surface area contributed by atoms with Gasteiger partial charge in [0, 0.05) is 35.9 Å². The summed E-state index contributed by atoms with van der Waals surface area (Å²) in [7, 11) is 0. The summed E-state index contributed by atoms with van der Waals surface area (Å²) < 4.78 is 43.7. The van der Waals surface area contributed by atoms with Crippen LogP contribution in [0.4, 0.5) is 13.2 Å². The second-order valence-corrected chi connectivity index (χ2v) is 8.09. The zero-order chi connectivity index (χ0) is 21.4. The number of nitrogens with zero attached hydrogens (tertiary/aromatic N) is 3. The van der Waals surface area contributed by atoms with Gasteiger partial charge in [0.1, 0.15) is 5.82 Å². The van der Waals surface area contributed by atoms with Crippen LogP contribution in [0.2, 0.25) is 5.02 Å². The number of carbonyl (C=O) groups excluding carboxylic acids is 1. The predicted octanol–water partition coefficient (Wildman–Crippen LogP) is 4.80. The number of rotatable bonds is 4. The molecule has 2 heterocycles. The van der Waals surface area contributed by atoms with Gasteiger partial charge in [0.25, 0.3) is 5.91 Å². The average molecular weight is 437 g/mol. The van der Waals surface area contributed by atoms with E-state index < -0.39 is 39.5 Å². The predicted molar refractivity (Wildman–Crippen MR) is 107 cm³/mol. The molecule has 2 aromatic heterocycles. The summed E-state index contributed by atoms with van der Waals surface area (Å²) >= 11 is 5.70. The van der Waals surface area contributed by atoms with Crippen molar-refractivity contribution in [2.75, 3.05) is 0 Å². The largest absolute Gasteiger partial charge is 0.349 e. The number of nitrogens with one attached hydrogen (secondary N) is 1. The first-order chi connectivity index (χ1) is 14.3. The lowest BCUT2D eigenvalue weighted by Gasteiger charge is -2.29. The summed E-state index contributed by atoms with van der Waals surface area (Å²) in [5, 5.41) is 7.33. The number of hydrogen-bond donors (Lipinski definition) is 1. The van der Waals surface area contributed by atoms with E-state index in [-0.39, 0.29) is 6.04 Å². The van der Waals surface area contributed by atoms with Crippen molar-refractivity contribution in [3.63, 3.8) is 0 Å². The van der Waals surface area contributed by atoms with Gasteiger partial charge in [0.2, 0.25) is 0 Å². The quantitative estimate of drug-likeness (QED) is 0.472. The second kappa shape index (κ2) is 8.26. The number of carbonyl (C=O) groups is 1. The van der Waals surface area contributed by atoms with Crippen LogP contribution in [-0.2, 0) is 6.54 Å². The highest BCUT2D eigenvalue weighted by Crippen LogP contribution is 2.30. The third-order valence-corrected chi connectivity index (χ3v) is 6.02. The molecular weight excluding hydrogens is 417 g/mol. The van der Waals surface area contributed by atoms with Crippen LogP contribution in [0, 0.1) is 30.3 Å². The molecule has 1 fully saturated rings. The Morgan fingerprint density at radius 1 is 1.20 bits per heavy atom. The molecular formula is C21H20ClF3N4O. The normalized spacial score (nSPS) is 19.2. The Labute approximate surface area is 176 Å². The van der Waals surface area contributed by atoms with E-state index in [2.05, 4.69) is 15.4 Å². The van der Waals surface area contributed by atoms with Crippen molar-refractivity contribution in [1.29, 1.82) is 0 Å². The van der Waals surface area contributed by atoms with Crippen molar-refractivity contribution >= 4 is 28.5 Å². The number of amides is 1. The van der Waals surface area contributed by atoms with E-state index in [0.717, 1.165) is 31.7 Å². The van der Waals surface area contributed by atoms with Gasteiger partial charge in [-0.05, 0) is 50.7 Å². The molecule has 3 aromatic rings. The number of fused-ring (bicyclic) bond motifs is 1. The van der Waals surface area contributed by atoms with Crippen LogP contribution in [0.25, 0.3) is 11.0 Å². The van der Waals surface area contributed by atoms with Crippen LogP contribution in [0.1, 0.15) is 41.6 Å². The molecule has 0 unspecified atom stereocenters. The van der Waals surface area contributed by atoms with Crippen LogP contribution < -0.4 is 5.32 Å². The molecule has 0 aliphatic heterocycles. The van der Waals surface area contributed by atoms with Crippen LogP contribution in [0.15, 0.2) is 24.5 Å². The van der Waals surface area contributed by atoms with Gasteiger partial charge >= 0.3 is 0 Å². The molecule has 1 amide bonds. The van der Waals surface area contributed by atoms with Gasteiger partial charge in [0.05, 0.1) is 10.6 Å². The zero-order valence-corrected chi connectivity index (χ0v) is 17.0. The molecule has 9 heteroatoms. The van der Waals surface area contributed by atoms with Gasteiger partial charge in [-0.3, -0.25) is 9.48 Å². The van der Waals surface area contributed by atoms with Gasteiger partial charge in [-0.1, -0.05) is 11.6 Å². The fourth-order valence-corrected chi connectivity index (χ4v) is 4.21. The monoisotopic (exact) mass is 436 g/mol. The number of hydrogen-bond acceptors (Lipinski definition) is 3. The highest BCUT2D eigenvalue weighted by Gasteiger charge is 2.29. The van der Waals surface area contributed by atoms with Crippen molar-refractivity contribution in [3.8, 4) is 0 Å². The molecule has 1 aliphatic carbocycles. The smallest absolute Gasteiger partial charge is 0.256 e. The van der Waals surface area contributed by atoms with Crippen molar-refractivity contribution in [2.45, 2.75) is 45.2 Å². The van der Waals surface area contributed by atoms with Gasteiger partial charge in [0.15, 0.2) is 17.3 Å². The van der Waals surface area contributed by atoms with E-state index in [9.17, 15) is 18.0 Å². The molecule has 0 spiro atoms. The highest BCUT2D eigenvalue weighted by atomic mass is 35.5. The molecule has 1 aromatic carbocycles. The molecule has 0 radical (unpaired) electrons. The molecule has 0 saturated heterocycles.